The lowest BCUT2D eigenvalue weighted by Gasteiger charge is -2.30. The van der Waals surface area contributed by atoms with E-state index in [0.717, 1.165) is 11.3 Å². The molecule has 0 aromatic heterocycles. The van der Waals surface area contributed by atoms with Gasteiger partial charge in [0.05, 0.1) is 5.92 Å². The Kier molecular flexibility index (Phi) is 12.5. The minimum Gasteiger partial charge on any atom is -0.478 e. The minimum absolute atomic E-state index is 0.00601. The van der Waals surface area contributed by atoms with E-state index < -0.39 is 5.92 Å². The topological polar surface area (TPSA) is 49.9 Å². The van der Waals surface area contributed by atoms with Crippen molar-refractivity contribution in [2.45, 2.75) is 18.8 Å². The highest BCUT2D eigenvalue weighted by Gasteiger charge is 2.36. The van der Waals surface area contributed by atoms with E-state index in [2.05, 4.69) is 0 Å². The Morgan fingerprint density at radius 2 is 1.26 bits per heavy atom. The largest absolute Gasteiger partial charge is 0.478 e. The van der Waals surface area contributed by atoms with Crippen molar-refractivity contribution in [3.05, 3.63) is 29.8 Å². The van der Waals surface area contributed by atoms with Crippen LogP contribution in [0.1, 0.15) is 24.3 Å². The van der Waals surface area contributed by atoms with Crippen LogP contribution in [0, 0.1) is 5.92 Å². The van der Waals surface area contributed by atoms with Gasteiger partial charge in [-0.3, -0.25) is 19.4 Å². The lowest BCUT2D eigenvalue weighted by molar-refractivity contribution is -0.137. The highest BCUT2D eigenvalue weighted by Crippen LogP contribution is 2.33. The van der Waals surface area contributed by atoms with Gasteiger partial charge in [0.25, 0.3) is 0 Å². The molecule has 0 bridgehead atoms. The third kappa shape index (κ3) is 8.71. The number of hydrogen-bond donors (Lipinski definition) is 0. The zero-order valence-corrected chi connectivity index (χ0v) is 20.6. The molecule has 0 amide bonds. The van der Waals surface area contributed by atoms with E-state index in [4.69, 9.17) is 51.1 Å². The molecule has 1 aromatic carbocycles. The molecule has 1 saturated carbocycles. The zero-order valence-electron chi connectivity index (χ0n) is 17.6. The van der Waals surface area contributed by atoms with Crippen molar-refractivity contribution in [2.75, 3.05) is 63.0 Å². The summed E-state index contributed by atoms with van der Waals surface area (Å²) in [5.41, 5.74) is 0.976. The van der Waals surface area contributed by atoms with E-state index >= 15 is 0 Å². The van der Waals surface area contributed by atoms with E-state index in [1.807, 2.05) is 34.1 Å². The molecule has 0 unspecified atom stereocenters. The van der Waals surface area contributed by atoms with E-state index in [1.165, 1.54) is 0 Å². The maximum absolute atomic E-state index is 12.7. The monoisotopic (exact) mass is 510 g/mol. The third-order valence-corrected chi connectivity index (χ3v) is 6.16. The summed E-state index contributed by atoms with van der Waals surface area (Å²) in [5, 5.41) is 0. The number of halogens is 4. The minimum atomic E-state index is -0.583. The summed E-state index contributed by atoms with van der Waals surface area (Å²) in [6.07, 6.45) is 0.733. The Morgan fingerprint density at radius 3 is 1.74 bits per heavy atom. The molecule has 1 aliphatic rings. The van der Waals surface area contributed by atoms with Gasteiger partial charge in [0.2, 0.25) is 0 Å². The van der Waals surface area contributed by atoms with Crippen LogP contribution in [0.3, 0.4) is 0 Å². The molecule has 0 radical (unpaired) electrons. The molecule has 1 aliphatic carbocycles. The van der Waals surface area contributed by atoms with Crippen LogP contribution in [-0.2, 0) is 9.59 Å². The third-order valence-electron chi connectivity index (χ3n) is 5.48. The predicted molar refractivity (Wildman–Crippen MR) is 128 cm³/mol. The molecule has 0 aliphatic heterocycles. The summed E-state index contributed by atoms with van der Waals surface area (Å²) in [7, 11) is 0. The van der Waals surface area contributed by atoms with Crippen LogP contribution in [-0.4, -0.2) is 84.3 Å². The lowest BCUT2D eigenvalue weighted by atomic mass is 9.76. The number of benzene rings is 1. The number of hydrogen-bond acceptors (Lipinski definition) is 5. The fraction of sp³-hybridized carbons (Fsp3) is 0.636. The summed E-state index contributed by atoms with van der Waals surface area (Å²) in [6, 6.07) is 7.61. The van der Waals surface area contributed by atoms with Crippen molar-refractivity contribution in [2.24, 2.45) is 5.92 Å². The normalized spacial score (nSPS) is 19.4. The van der Waals surface area contributed by atoms with Crippen molar-refractivity contribution in [1.29, 1.82) is 0 Å². The second kappa shape index (κ2) is 14.6. The van der Waals surface area contributed by atoms with E-state index in [9.17, 15) is 9.59 Å². The second-order valence-corrected chi connectivity index (χ2v) is 9.12. The first kappa shape index (κ1) is 26.7. The van der Waals surface area contributed by atoms with Crippen LogP contribution < -0.4 is 4.74 Å². The van der Waals surface area contributed by atoms with Gasteiger partial charge >= 0.3 is 0 Å². The number of carbonyl (C=O) groups is 2. The van der Waals surface area contributed by atoms with Gasteiger partial charge in [-0.05, 0) is 23.6 Å². The molecule has 174 valence electrons. The van der Waals surface area contributed by atoms with Crippen LogP contribution >= 0.6 is 46.4 Å². The number of Topliss-reactive ketones (excluding diaryl/α,β-unsaturated/α-hetero) is 2. The molecule has 1 aromatic rings. The smallest absolute Gasteiger partial charge is 0.145 e. The summed E-state index contributed by atoms with van der Waals surface area (Å²) >= 11 is 23.3. The maximum atomic E-state index is 12.7. The summed E-state index contributed by atoms with van der Waals surface area (Å²) < 4.78 is 5.81. The van der Waals surface area contributed by atoms with Gasteiger partial charge in [-0.2, -0.15) is 0 Å². The van der Waals surface area contributed by atoms with Crippen LogP contribution in [0.2, 0.25) is 0 Å². The summed E-state index contributed by atoms with van der Waals surface area (Å²) in [6.45, 7) is 3.44. The van der Waals surface area contributed by atoms with Gasteiger partial charge < -0.3 is 4.74 Å². The number of rotatable bonds is 14. The molecule has 0 heterocycles. The Balaban J connectivity index is 1.93. The molecule has 9 heteroatoms. The number of ketones is 2. The quantitative estimate of drug-likeness (QED) is 0.213. The van der Waals surface area contributed by atoms with Gasteiger partial charge in [0, 0.05) is 69.1 Å². The molecule has 31 heavy (non-hydrogen) atoms. The first-order chi connectivity index (χ1) is 15.0. The Labute approximate surface area is 204 Å². The van der Waals surface area contributed by atoms with Gasteiger partial charge in [-0.15, -0.1) is 46.4 Å². The number of carbonyl (C=O) groups excluding carboxylic acids is 2. The van der Waals surface area contributed by atoms with Crippen molar-refractivity contribution >= 4 is 58.0 Å². The highest BCUT2D eigenvalue weighted by molar-refractivity contribution is 6.18. The zero-order chi connectivity index (χ0) is 22.6. The van der Waals surface area contributed by atoms with Gasteiger partial charge in [-0.1, -0.05) is 12.1 Å². The fourth-order valence-electron chi connectivity index (χ4n) is 3.73. The molecule has 1 fully saturated rings. The van der Waals surface area contributed by atoms with Crippen LogP contribution in [0.4, 0.5) is 0 Å². The van der Waals surface area contributed by atoms with E-state index in [0.29, 0.717) is 75.8 Å². The predicted octanol–water partition coefficient (Wildman–Crippen LogP) is 4.21. The molecule has 2 rings (SSSR count). The second-order valence-electron chi connectivity index (χ2n) is 7.61. The SMILES string of the molecule is O=C1CC(c2ccc(OCN(CCCl)CCCl)cc2)CC(=O)C1CN(CCCl)CCCl. The van der Waals surface area contributed by atoms with Gasteiger partial charge in [0.1, 0.15) is 24.0 Å². The van der Waals surface area contributed by atoms with Crippen molar-refractivity contribution in [3.63, 3.8) is 0 Å². The fourth-order valence-corrected chi connectivity index (χ4v) is 4.69. The standard InChI is InChI=1S/C22H30Cl4N2O3/c23-5-9-27(10-6-24)15-20-21(29)13-18(14-22(20)30)17-1-3-19(4-2-17)31-16-28(11-7-25)12-8-26/h1-4,18,20H,5-16H2. The lowest BCUT2D eigenvalue weighted by Crippen LogP contribution is -2.42. The Bertz CT molecular complexity index is 660. The first-order valence-corrected chi connectivity index (χ1v) is 12.6. The first-order valence-electron chi connectivity index (χ1n) is 10.5. The summed E-state index contributed by atoms with van der Waals surface area (Å²) in [5.74, 6) is 1.95. The molecular weight excluding hydrogens is 482 g/mol. The van der Waals surface area contributed by atoms with Crippen molar-refractivity contribution in [3.8, 4) is 5.75 Å². The number of alkyl halides is 4. The summed E-state index contributed by atoms with van der Waals surface area (Å²) in [4.78, 5) is 29.5. The molecular formula is C22H30Cl4N2O3. The maximum Gasteiger partial charge on any atom is 0.145 e. The molecule has 0 spiro atoms. The molecule has 0 N–H and O–H groups in total. The number of ether oxygens (including phenoxy) is 1. The molecule has 5 nitrogen and oxygen atoms in total. The molecule has 0 saturated heterocycles. The molecule has 0 atom stereocenters. The van der Waals surface area contributed by atoms with Gasteiger partial charge in [0.15, 0.2) is 0 Å². The van der Waals surface area contributed by atoms with Crippen LogP contribution in [0.5, 0.6) is 5.75 Å². The van der Waals surface area contributed by atoms with E-state index in [1.54, 1.807) is 0 Å². The van der Waals surface area contributed by atoms with Crippen LogP contribution in [0.15, 0.2) is 24.3 Å². The van der Waals surface area contributed by atoms with E-state index in [-0.39, 0.29) is 17.5 Å². The highest BCUT2D eigenvalue weighted by atomic mass is 35.5. The van der Waals surface area contributed by atoms with Crippen molar-refractivity contribution < 1.29 is 14.3 Å². The average molecular weight is 512 g/mol. The average Bonchev–Trinajstić information content (AvgIpc) is 2.75. The number of nitrogens with zero attached hydrogens (tertiary/aromatic N) is 2. The van der Waals surface area contributed by atoms with Crippen molar-refractivity contribution in [1.82, 2.24) is 9.80 Å². The van der Waals surface area contributed by atoms with Crippen LogP contribution in [0.25, 0.3) is 0 Å². The Morgan fingerprint density at radius 1 is 0.774 bits per heavy atom. The van der Waals surface area contributed by atoms with Gasteiger partial charge in [-0.25, -0.2) is 0 Å². The Hall–Kier alpha value is -0.560.